The zero-order chi connectivity index (χ0) is 15.2. The van der Waals surface area contributed by atoms with Gasteiger partial charge >= 0.3 is 0 Å². The standard InChI is InChI=1S/C13H23N7O/c1-14-11-16-12(15-7-6-10(21)19(2)3)18-13(17-11)20-8-4-5-9-20/h4-9H2,1-3H3,(H2,14,15,16,17,18). The van der Waals surface area contributed by atoms with Crippen LogP contribution in [0, 0.1) is 0 Å². The van der Waals surface area contributed by atoms with Gasteiger partial charge in [0.15, 0.2) is 0 Å². The highest BCUT2D eigenvalue weighted by Crippen LogP contribution is 2.18. The summed E-state index contributed by atoms with van der Waals surface area (Å²) >= 11 is 0. The monoisotopic (exact) mass is 293 g/mol. The lowest BCUT2D eigenvalue weighted by Crippen LogP contribution is -2.25. The zero-order valence-electron chi connectivity index (χ0n) is 12.9. The van der Waals surface area contributed by atoms with Gasteiger partial charge < -0.3 is 20.4 Å². The van der Waals surface area contributed by atoms with Gasteiger partial charge in [0.2, 0.25) is 23.8 Å². The van der Waals surface area contributed by atoms with Gasteiger partial charge in [0.05, 0.1) is 0 Å². The summed E-state index contributed by atoms with van der Waals surface area (Å²) in [7, 11) is 5.27. The van der Waals surface area contributed by atoms with Gasteiger partial charge in [-0.05, 0) is 12.8 Å². The number of aromatic nitrogens is 3. The van der Waals surface area contributed by atoms with E-state index in [0.717, 1.165) is 13.1 Å². The lowest BCUT2D eigenvalue weighted by molar-refractivity contribution is -0.128. The van der Waals surface area contributed by atoms with Crippen molar-refractivity contribution < 1.29 is 4.79 Å². The van der Waals surface area contributed by atoms with Gasteiger partial charge in [0.1, 0.15) is 0 Å². The fraction of sp³-hybridized carbons (Fsp3) is 0.692. The molecule has 1 fully saturated rings. The molecule has 0 radical (unpaired) electrons. The van der Waals surface area contributed by atoms with E-state index in [1.165, 1.54) is 12.8 Å². The first-order valence-corrected chi connectivity index (χ1v) is 7.23. The molecule has 2 rings (SSSR count). The van der Waals surface area contributed by atoms with Gasteiger partial charge in [-0.2, -0.15) is 15.0 Å². The van der Waals surface area contributed by atoms with Crippen LogP contribution in [0.15, 0.2) is 0 Å². The van der Waals surface area contributed by atoms with Gasteiger partial charge in [-0.25, -0.2) is 0 Å². The minimum atomic E-state index is 0.0742. The number of carbonyl (C=O) groups is 1. The Kier molecular flexibility index (Phi) is 5.13. The Morgan fingerprint density at radius 1 is 1.19 bits per heavy atom. The summed E-state index contributed by atoms with van der Waals surface area (Å²) in [5, 5.41) is 6.04. The lowest BCUT2D eigenvalue weighted by atomic mass is 10.4. The second kappa shape index (κ2) is 7.05. The Balaban J connectivity index is 2.01. The van der Waals surface area contributed by atoms with Crippen molar-refractivity contribution in [3.05, 3.63) is 0 Å². The largest absolute Gasteiger partial charge is 0.357 e. The van der Waals surface area contributed by atoms with Crippen LogP contribution in [0.5, 0.6) is 0 Å². The van der Waals surface area contributed by atoms with Crippen LogP contribution >= 0.6 is 0 Å². The third-order valence-corrected chi connectivity index (χ3v) is 3.36. The topological polar surface area (TPSA) is 86.3 Å². The molecule has 2 heterocycles. The molecule has 0 aliphatic carbocycles. The third kappa shape index (κ3) is 4.17. The van der Waals surface area contributed by atoms with Crippen LogP contribution in [-0.2, 0) is 4.79 Å². The second-order valence-electron chi connectivity index (χ2n) is 5.19. The molecule has 1 aromatic rings. The molecule has 1 aliphatic rings. The predicted molar refractivity (Wildman–Crippen MR) is 82.6 cm³/mol. The Hall–Kier alpha value is -2.12. The Labute approximate surface area is 125 Å². The van der Waals surface area contributed by atoms with E-state index in [4.69, 9.17) is 0 Å². The molecule has 0 unspecified atom stereocenters. The fourth-order valence-electron chi connectivity index (χ4n) is 2.12. The van der Waals surface area contributed by atoms with Crippen LogP contribution in [0.3, 0.4) is 0 Å². The molecule has 1 aliphatic heterocycles. The second-order valence-corrected chi connectivity index (χ2v) is 5.19. The number of rotatable bonds is 6. The smallest absolute Gasteiger partial charge is 0.231 e. The van der Waals surface area contributed by atoms with Crippen LogP contribution in [0.1, 0.15) is 19.3 Å². The maximum atomic E-state index is 11.5. The van der Waals surface area contributed by atoms with E-state index >= 15 is 0 Å². The van der Waals surface area contributed by atoms with Crippen molar-refractivity contribution in [1.29, 1.82) is 0 Å². The summed E-state index contributed by atoms with van der Waals surface area (Å²) in [5.41, 5.74) is 0. The van der Waals surface area contributed by atoms with Crippen molar-refractivity contribution >= 4 is 23.8 Å². The first-order chi connectivity index (χ1) is 10.1. The maximum Gasteiger partial charge on any atom is 0.231 e. The third-order valence-electron chi connectivity index (χ3n) is 3.36. The minimum absolute atomic E-state index is 0.0742. The van der Waals surface area contributed by atoms with Gasteiger partial charge in [-0.1, -0.05) is 0 Å². The Bertz CT molecular complexity index is 485. The van der Waals surface area contributed by atoms with Gasteiger partial charge in [0, 0.05) is 47.2 Å². The molecule has 0 spiro atoms. The molecule has 0 bridgehead atoms. The van der Waals surface area contributed by atoms with Crippen LogP contribution in [0.2, 0.25) is 0 Å². The molecule has 8 nitrogen and oxygen atoms in total. The van der Waals surface area contributed by atoms with E-state index in [0.29, 0.717) is 30.8 Å². The van der Waals surface area contributed by atoms with E-state index in [1.54, 1.807) is 26.0 Å². The van der Waals surface area contributed by atoms with Crippen molar-refractivity contribution in [3.63, 3.8) is 0 Å². The highest BCUT2D eigenvalue weighted by Gasteiger charge is 2.17. The van der Waals surface area contributed by atoms with Crippen molar-refractivity contribution in [3.8, 4) is 0 Å². The normalized spacial score (nSPS) is 14.1. The number of nitrogens with zero attached hydrogens (tertiary/aromatic N) is 5. The molecule has 1 amide bonds. The number of carbonyl (C=O) groups excluding carboxylic acids is 1. The zero-order valence-corrected chi connectivity index (χ0v) is 12.9. The molecular weight excluding hydrogens is 270 g/mol. The van der Waals surface area contributed by atoms with Crippen molar-refractivity contribution in [2.45, 2.75) is 19.3 Å². The van der Waals surface area contributed by atoms with Gasteiger partial charge in [-0.15, -0.1) is 0 Å². The van der Waals surface area contributed by atoms with Crippen molar-refractivity contribution in [2.75, 3.05) is 56.3 Å². The summed E-state index contributed by atoms with van der Waals surface area (Å²) in [6.07, 6.45) is 2.74. The van der Waals surface area contributed by atoms with Crippen LogP contribution < -0.4 is 15.5 Å². The molecule has 1 saturated heterocycles. The van der Waals surface area contributed by atoms with E-state index in [1.807, 2.05) is 0 Å². The minimum Gasteiger partial charge on any atom is -0.357 e. The lowest BCUT2D eigenvalue weighted by Gasteiger charge is -2.17. The van der Waals surface area contributed by atoms with E-state index < -0.39 is 0 Å². The summed E-state index contributed by atoms with van der Waals surface area (Å²) in [6.45, 7) is 2.46. The molecule has 0 atom stereocenters. The molecule has 0 aromatic carbocycles. The Morgan fingerprint density at radius 3 is 2.48 bits per heavy atom. The first kappa shape index (κ1) is 15.3. The maximum absolute atomic E-state index is 11.5. The summed E-state index contributed by atoms with van der Waals surface area (Å²) in [5.74, 6) is 1.80. The highest BCUT2D eigenvalue weighted by atomic mass is 16.2. The number of amides is 1. The fourth-order valence-corrected chi connectivity index (χ4v) is 2.12. The molecular formula is C13H23N7O. The number of hydrogen-bond donors (Lipinski definition) is 2. The van der Waals surface area contributed by atoms with Gasteiger partial charge in [0.25, 0.3) is 0 Å². The van der Waals surface area contributed by atoms with E-state index in [-0.39, 0.29) is 5.91 Å². The quantitative estimate of drug-likeness (QED) is 0.785. The summed E-state index contributed by atoms with van der Waals surface area (Å²) < 4.78 is 0. The summed E-state index contributed by atoms with van der Waals surface area (Å²) in [6, 6.07) is 0. The molecule has 116 valence electrons. The molecule has 0 saturated carbocycles. The highest BCUT2D eigenvalue weighted by molar-refractivity contribution is 5.76. The van der Waals surface area contributed by atoms with Crippen molar-refractivity contribution in [2.24, 2.45) is 0 Å². The number of nitrogens with one attached hydrogen (secondary N) is 2. The Morgan fingerprint density at radius 2 is 1.86 bits per heavy atom. The van der Waals surface area contributed by atoms with E-state index in [9.17, 15) is 4.79 Å². The SMILES string of the molecule is CNc1nc(NCCC(=O)N(C)C)nc(N2CCCC2)n1. The summed E-state index contributed by atoms with van der Waals surface area (Å²) in [4.78, 5) is 28.4. The van der Waals surface area contributed by atoms with Crippen LogP contribution in [0.4, 0.5) is 17.8 Å². The number of anilines is 3. The molecule has 2 N–H and O–H groups in total. The molecule has 8 heteroatoms. The predicted octanol–water partition coefficient (Wildman–Crippen LogP) is 0.404. The van der Waals surface area contributed by atoms with Crippen molar-refractivity contribution in [1.82, 2.24) is 19.9 Å². The van der Waals surface area contributed by atoms with Gasteiger partial charge in [-0.3, -0.25) is 4.79 Å². The molecule has 1 aromatic heterocycles. The average Bonchev–Trinajstić information content (AvgIpc) is 3.01. The average molecular weight is 293 g/mol. The van der Waals surface area contributed by atoms with E-state index in [2.05, 4.69) is 30.5 Å². The van der Waals surface area contributed by atoms with Crippen LogP contribution in [0.25, 0.3) is 0 Å². The van der Waals surface area contributed by atoms with Crippen LogP contribution in [-0.4, -0.2) is 66.5 Å². The molecule has 21 heavy (non-hydrogen) atoms. The number of hydrogen-bond acceptors (Lipinski definition) is 7. The first-order valence-electron chi connectivity index (χ1n) is 7.23.